The Hall–Kier alpha value is -0.110. The lowest BCUT2D eigenvalue weighted by atomic mass is 9.86. The second-order valence-electron chi connectivity index (χ2n) is 5.87. The van der Waals surface area contributed by atoms with Crippen molar-refractivity contribution in [1.82, 2.24) is 4.90 Å². The first-order valence-corrected chi connectivity index (χ1v) is 9.62. The van der Waals surface area contributed by atoms with Gasteiger partial charge in [0.1, 0.15) is 0 Å². The van der Waals surface area contributed by atoms with Crippen LogP contribution in [0.5, 0.6) is 0 Å². The molecule has 23 heavy (non-hydrogen) atoms. The van der Waals surface area contributed by atoms with E-state index in [-0.39, 0.29) is 0 Å². The first-order chi connectivity index (χ1) is 10.8. The van der Waals surface area contributed by atoms with Crippen LogP contribution in [0.1, 0.15) is 50.1 Å². The molecule has 2 fully saturated rings. The van der Waals surface area contributed by atoms with Gasteiger partial charge in [0.15, 0.2) is 0 Å². The zero-order valence-corrected chi connectivity index (χ0v) is 14.9. The van der Waals surface area contributed by atoms with E-state index in [2.05, 4.69) is 4.90 Å². The first-order valence-electron chi connectivity index (χ1n) is 7.60. The highest BCUT2D eigenvalue weighted by atomic mass is 35.7. The Kier molecular flexibility index (Phi) is 6.95. The topological polar surface area (TPSA) is 92.7 Å². The Morgan fingerprint density at radius 3 is 2.17 bits per heavy atom. The minimum atomic E-state index is -4.69. The quantitative estimate of drug-likeness (QED) is 0.778. The molecule has 2 heterocycles. The molecule has 3 rings (SSSR count). The van der Waals surface area contributed by atoms with Crippen molar-refractivity contribution in [2.75, 3.05) is 6.54 Å². The van der Waals surface area contributed by atoms with Crippen LogP contribution in [0.15, 0.2) is 18.2 Å². The van der Waals surface area contributed by atoms with Gasteiger partial charge in [-0.15, -0.1) is 0 Å². The smallest absolute Gasteiger partial charge is 0.0777 e. The zero-order valence-electron chi connectivity index (χ0n) is 12.6. The summed E-state index contributed by atoms with van der Waals surface area (Å²) in [7, 11) is -4.69. The molecule has 8 heteroatoms. The highest BCUT2D eigenvalue weighted by Crippen LogP contribution is 2.43. The number of hydrogen-bond donors (Lipinski definition) is 1. The molecular formula is C15H20Cl3NO4. The van der Waals surface area contributed by atoms with Crippen LogP contribution in [-0.2, 0) is 0 Å². The molecule has 1 aromatic rings. The summed E-state index contributed by atoms with van der Waals surface area (Å²) in [6.07, 6.45) is 7.88. The lowest BCUT2D eigenvalue weighted by Gasteiger charge is -2.45. The van der Waals surface area contributed by atoms with Gasteiger partial charge in [0.25, 0.3) is 0 Å². The van der Waals surface area contributed by atoms with Crippen molar-refractivity contribution < 1.29 is 28.9 Å². The maximum absolute atomic E-state index is 8.60. The molecule has 1 aromatic carbocycles. The number of halogens is 3. The third kappa shape index (κ3) is 5.73. The largest absolute Gasteiger partial charge is 0.293 e. The molecule has 0 spiro atoms. The lowest BCUT2D eigenvalue weighted by Crippen LogP contribution is -2.58. The molecule has 0 bridgehead atoms. The summed E-state index contributed by atoms with van der Waals surface area (Å²) < 4.78 is 32.7. The van der Waals surface area contributed by atoms with Gasteiger partial charge in [-0.25, -0.2) is 0 Å². The van der Waals surface area contributed by atoms with E-state index in [1.165, 1.54) is 45.1 Å². The second kappa shape index (κ2) is 8.32. The van der Waals surface area contributed by atoms with Crippen LogP contribution in [0.25, 0.3) is 0 Å². The van der Waals surface area contributed by atoms with Crippen molar-refractivity contribution in [3.63, 3.8) is 0 Å². The minimum Gasteiger partial charge on any atom is -0.293 e. The van der Waals surface area contributed by atoms with Crippen LogP contribution in [0.4, 0.5) is 0 Å². The molecule has 2 atom stereocenters. The Morgan fingerprint density at radius 2 is 1.57 bits per heavy atom. The predicted octanol–water partition coefficient (Wildman–Crippen LogP) is 0.949. The maximum Gasteiger partial charge on any atom is 0.0777 e. The summed E-state index contributed by atoms with van der Waals surface area (Å²) in [6.45, 7) is 1.21. The molecule has 2 aliphatic rings. The molecule has 2 saturated heterocycles. The van der Waals surface area contributed by atoms with Gasteiger partial charge in [-0.05, 0) is 50.8 Å². The zero-order chi connectivity index (χ0) is 17.0. The number of rotatable bonds is 1. The SMILES string of the molecule is Clc1cccc(Cl)c1[C@H]1CCC[C@H]2CCCCN21.[O-][Cl+3]([O-])([O-])O. The Bertz CT molecular complexity index is 496. The highest BCUT2D eigenvalue weighted by Gasteiger charge is 2.34. The van der Waals surface area contributed by atoms with Crippen molar-refractivity contribution in [3.05, 3.63) is 33.8 Å². The summed E-state index contributed by atoms with van der Waals surface area (Å²) in [6, 6.07) is 7.06. The molecule has 1 N–H and O–H groups in total. The molecule has 0 saturated carbocycles. The van der Waals surface area contributed by atoms with E-state index < -0.39 is 10.2 Å². The molecular weight excluding hydrogens is 365 g/mol. The van der Waals surface area contributed by atoms with Crippen molar-refractivity contribution in [1.29, 1.82) is 0 Å². The fourth-order valence-corrected chi connectivity index (χ4v) is 4.24. The highest BCUT2D eigenvalue weighted by molar-refractivity contribution is 6.36. The van der Waals surface area contributed by atoms with Gasteiger partial charge in [0.2, 0.25) is 0 Å². The number of nitrogens with zero attached hydrogens (tertiary/aromatic N) is 1. The number of benzene rings is 1. The van der Waals surface area contributed by atoms with Crippen molar-refractivity contribution in [2.24, 2.45) is 0 Å². The van der Waals surface area contributed by atoms with E-state index in [1.54, 1.807) is 0 Å². The van der Waals surface area contributed by atoms with E-state index in [0.29, 0.717) is 6.04 Å². The van der Waals surface area contributed by atoms with Gasteiger partial charge < -0.3 is 0 Å². The van der Waals surface area contributed by atoms with Crippen molar-refractivity contribution in [3.8, 4) is 0 Å². The second-order valence-corrected chi connectivity index (χ2v) is 7.47. The third-order valence-corrected chi connectivity index (χ3v) is 5.08. The average Bonchev–Trinajstić information content (AvgIpc) is 2.45. The molecule has 0 unspecified atom stereocenters. The molecule has 0 amide bonds. The maximum atomic E-state index is 8.60. The van der Waals surface area contributed by atoms with Gasteiger partial charge in [-0.1, -0.05) is 35.7 Å². The summed E-state index contributed by atoms with van der Waals surface area (Å²) in [5, 5.41) is 1.66. The Balaban J connectivity index is 0.000000338. The standard InChI is InChI=1S/C15H19Cl2N.ClHO4/c16-12-7-4-8-13(17)15(12)14-9-3-6-11-5-1-2-10-18(11)14;2-1(3,4)5/h4,7-8,11,14H,1-3,5-6,9-10H2;(H,2,3,4,5)/t11-,14-;/m1./s1. The summed E-state index contributed by atoms with van der Waals surface area (Å²) in [5.41, 5.74) is 1.16. The number of fused-ring (bicyclic) bond motifs is 1. The Morgan fingerprint density at radius 1 is 1.00 bits per heavy atom. The fourth-order valence-electron chi connectivity index (χ4n) is 3.60. The minimum absolute atomic E-state index is 0.435. The normalized spacial score (nSPS) is 25.3. The predicted molar refractivity (Wildman–Crippen MR) is 79.6 cm³/mol. The average molecular weight is 385 g/mol. The Labute approximate surface area is 148 Å². The van der Waals surface area contributed by atoms with Crippen molar-refractivity contribution >= 4 is 23.2 Å². The van der Waals surface area contributed by atoms with Crippen LogP contribution < -0.4 is 14.0 Å². The number of piperidine rings is 2. The van der Waals surface area contributed by atoms with Crippen LogP contribution in [0, 0.1) is 10.2 Å². The van der Waals surface area contributed by atoms with Crippen LogP contribution in [0.3, 0.4) is 0 Å². The van der Waals surface area contributed by atoms with E-state index in [9.17, 15) is 0 Å². The molecule has 2 aliphatic heterocycles. The van der Waals surface area contributed by atoms with Crippen LogP contribution >= 0.6 is 23.2 Å². The lowest BCUT2D eigenvalue weighted by molar-refractivity contribution is -1.92. The van der Waals surface area contributed by atoms with E-state index in [1.807, 2.05) is 18.2 Å². The fraction of sp³-hybridized carbons (Fsp3) is 0.600. The van der Waals surface area contributed by atoms with Crippen LogP contribution in [-0.4, -0.2) is 22.1 Å². The van der Waals surface area contributed by atoms with Gasteiger partial charge >= 0.3 is 0 Å². The summed E-state index contributed by atoms with van der Waals surface area (Å²) in [5.74, 6) is 0. The van der Waals surface area contributed by atoms with Gasteiger partial charge in [0.05, 0.1) is 14.9 Å². The molecule has 0 radical (unpaired) electrons. The van der Waals surface area contributed by atoms with Gasteiger partial charge in [-0.3, -0.25) is 4.90 Å². The van der Waals surface area contributed by atoms with E-state index in [0.717, 1.165) is 21.7 Å². The molecule has 5 nitrogen and oxygen atoms in total. The third-order valence-electron chi connectivity index (χ3n) is 4.42. The monoisotopic (exact) mass is 383 g/mol. The van der Waals surface area contributed by atoms with E-state index in [4.69, 9.17) is 41.8 Å². The first kappa shape index (κ1) is 19.2. The van der Waals surface area contributed by atoms with Gasteiger partial charge in [-0.2, -0.15) is 14.0 Å². The van der Waals surface area contributed by atoms with Crippen LogP contribution in [0.2, 0.25) is 10.0 Å². The molecule has 130 valence electrons. The van der Waals surface area contributed by atoms with Gasteiger partial charge in [0, 0.05) is 27.7 Å². The summed E-state index contributed by atoms with van der Waals surface area (Å²) in [4.78, 5) is 2.65. The van der Waals surface area contributed by atoms with Crippen molar-refractivity contribution in [2.45, 2.75) is 50.6 Å². The van der Waals surface area contributed by atoms with E-state index >= 15 is 0 Å². The molecule has 0 aliphatic carbocycles. The number of hydrogen-bond acceptors (Lipinski definition) is 5. The summed E-state index contributed by atoms with van der Waals surface area (Å²) >= 11 is 12.8. The molecule has 0 aromatic heterocycles.